The van der Waals surface area contributed by atoms with E-state index in [9.17, 15) is 20.0 Å². The Bertz CT molecular complexity index is 1120. The maximum absolute atomic E-state index is 11.8. The number of carbonyl (C=O) groups is 1. The van der Waals surface area contributed by atoms with Crippen molar-refractivity contribution in [3.63, 3.8) is 0 Å². The minimum atomic E-state index is -0.836. The number of nitro groups is 1. The van der Waals surface area contributed by atoms with E-state index < -0.39 is 11.0 Å². The summed E-state index contributed by atoms with van der Waals surface area (Å²) in [6.07, 6.45) is 3.61. The summed E-state index contributed by atoms with van der Waals surface area (Å²) < 4.78 is 7.05. The average Bonchev–Trinajstić information content (AvgIpc) is 3.45. The van der Waals surface area contributed by atoms with E-state index in [1.54, 1.807) is 27.9 Å². The highest BCUT2D eigenvalue weighted by molar-refractivity contribution is 5.82. The summed E-state index contributed by atoms with van der Waals surface area (Å²) in [4.78, 5) is 29.3. The van der Waals surface area contributed by atoms with Gasteiger partial charge in [-0.1, -0.05) is 20.8 Å². The number of methoxy groups -OCH3 is 1. The summed E-state index contributed by atoms with van der Waals surface area (Å²) >= 11 is 0. The largest absolute Gasteiger partial charge is 0.490 e. The molecule has 1 aromatic carbocycles. The topological polar surface area (TPSA) is 117 Å². The zero-order valence-corrected chi connectivity index (χ0v) is 21.7. The zero-order chi connectivity index (χ0) is 26.2. The number of piperazine rings is 1. The number of nitrogens with zero attached hydrogens (tertiary/aromatic N) is 6. The number of rotatable bonds is 6. The summed E-state index contributed by atoms with van der Waals surface area (Å²) in [6, 6.07) is 3.32. The Morgan fingerprint density at radius 2 is 1.92 bits per heavy atom. The summed E-state index contributed by atoms with van der Waals surface area (Å²) in [5.74, 6) is 0.524. The Labute approximate surface area is 211 Å². The monoisotopic (exact) mass is 500 g/mol. The number of hydrogen-bond acceptors (Lipinski definition) is 7. The number of ether oxygens (including phenoxy) is 1. The van der Waals surface area contributed by atoms with Gasteiger partial charge in [0.1, 0.15) is 0 Å². The lowest BCUT2D eigenvalue weighted by molar-refractivity contribution is -0.385. The highest BCUT2D eigenvalue weighted by Crippen LogP contribution is 2.41. The first-order valence-electron chi connectivity index (χ1n) is 12.3. The van der Waals surface area contributed by atoms with E-state index in [1.807, 2.05) is 13.2 Å². The SMILES string of the molecule is COc1cc(N2CCN(CC3CCN(C(=O)O)C3C(C)(C)C)CC2)c(-c2cnn(C)c2)cc1[N+](=O)[O-]. The van der Waals surface area contributed by atoms with Gasteiger partial charge in [-0.25, -0.2) is 4.79 Å². The number of aryl methyl sites for hydroxylation is 1. The maximum atomic E-state index is 11.8. The van der Waals surface area contributed by atoms with Crippen LogP contribution in [0.1, 0.15) is 27.2 Å². The molecular formula is C25H36N6O5. The van der Waals surface area contributed by atoms with Gasteiger partial charge in [0.2, 0.25) is 0 Å². The van der Waals surface area contributed by atoms with E-state index in [4.69, 9.17) is 4.74 Å². The lowest BCUT2D eigenvalue weighted by Crippen LogP contribution is -2.51. The van der Waals surface area contributed by atoms with E-state index in [1.165, 1.54) is 7.11 Å². The summed E-state index contributed by atoms with van der Waals surface area (Å²) in [6.45, 7) is 11.0. The van der Waals surface area contributed by atoms with E-state index in [0.717, 1.165) is 56.0 Å². The second-order valence-electron chi connectivity index (χ2n) is 10.8. The van der Waals surface area contributed by atoms with Crippen LogP contribution in [0.5, 0.6) is 5.75 Å². The third kappa shape index (κ3) is 5.11. The quantitative estimate of drug-likeness (QED) is 0.473. The third-order valence-corrected chi connectivity index (χ3v) is 7.37. The van der Waals surface area contributed by atoms with Gasteiger partial charge in [0.15, 0.2) is 5.75 Å². The van der Waals surface area contributed by atoms with Gasteiger partial charge in [-0.15, -0.1) is 0 Å². The lowest BCUT2D eigenvalue weighted by Gasteiger charge is -2.41. The number of amides is 1. The van der Waals surface area contributed by atoms with Crippen LogP contribution in [0.25, 0.3) is 11.1 Å². The maximum Gasteiger partial charge on any atom is 0.407 e. The number of likely N-dealkylation sites (tertiary alicyclic amines) is 1. The van der Waals surface area contributed by atoms with Gasteiger partial charge >= 0.3 is 11.8 Å². The summed E-state index contributed by atoms with van der Waals surface area (Å²) in [7, 11) is 3.26. The molecule has 196 valence electrons. The van der Waals surface area contributed by atoms with Gasteiger partial charge in [-0.05, 0) is 17.8 Å². The Morgan fingerprint density at radius 3 is 2.44 bits per heavy atom. The molecule has 2 saturated heterocycles. The second kappa shape index (κ2) is 9.96. The molecule has 2 fully saturated rings. The van der Waals surface area contributed by atoms with Gasteiger partial charge in [0.05, 0.1) is 18.2 Å². The van der Waals surface area contributed by atoms with E-state index in [2.05, 4.69) is 35.7 Å². The molecule has 0 spiro atoms. The normalized spacial score (nSPS) is 21.1. The molecule has 4 rings (SSSR count). The Hall–Kier alpha value is -3.34. The molecule has 1 amide bonds. The molecule has 2 aliphatic rings. The van der Waals surface area contributed by atoms with Crippen molar-refractivity contribution in [1.82, 2.24) is 19.6 Å². The first kappa shape index (κ1) is 25.7. The molecule has 2 aliphatic heterocycles. The summed E-state index contributed by atoms with van der Waals surface area (Å²) in [5.41, 5.74) is 2.25. The fraction of sp³-hybridized carbons (Fsp3) is 0.600. The van der Waals surface area contributed by atoms with Crippen molar-refractivity contribution in [2.45, 2.75) is 33.2 Å². The predicted molar refractivity (Wildman–Crippen MR) is 137 cm³/mol. The van der Waals surface area contributed by atoms with Crippen LogP contribution < -0.4 is 9.64 Å². The molecule has 11 nitrogen and oxygen atoms in total. The highest BCUT2D eigenvalue weighted by Gasteiger charge is 2.44. The molecule has 11 heteroatoms. The average molecular weight is 501 g/mol. The number of nitro benzene ring substituents is 1. The van der Waals surface area contributed by atoms with Crippen LogP contribution in [0.4, 0.5) is 16.2 Å². The van der Waals surface area contributed by atoms with Crippen molar-refractivity contribution < 1.29 is 19.6 Å². The van der Waals surface area contributed by atoms with Gasteiger partial charge in [0, 0.05) is 87.5 Å². The van der Waals surface area contributed by atoms with Crippen LogP contribution in [0, 0.1) is 21.4 Å². The molecule has 2 unspecified atom stereocenters. The van der Waals surface area contributed by atoms with Gasteiger partial charge in [-0.2, -0.15) is 5.10 Å². The molecule has 0 saturated carbocycles. The first-order chi connectivity index (χ1) is 17.0. The number of benzene rings is 1. The third-order valence-electron chi connectivity index (χ3n) is 7.37. The predicted octanol–water partition coefficient (Wildman–Crippen LogP) is 3.54. The van der Waals surface area contributed by atoms with Crippen LogP contribution in [0.2, 0.25) is 0 Å². The van der Waals surface area contributed by atoms with Crippen molar-refractivity contribution >= 4 is 17.5 Å². The Kier molecular flexibility index (Phi) is 7.12. The number of hydrogen-bond donors (Lipinski definition) is 1. The van der Waals surface area contributed by atoms with Gasteiger partial charge in [-0.3, -0.25) is 19.7 Å². The molecule has 36 heavy (non-hydrogen) atoms. The number of anilines is 1. The van der Waals surface area contributed by atoms with E-state index in [-0.39, 0.29) is 28.8 Å². The molecule has 1 N–H and O–H groups in total. The Morgan fingerprint density at radius 1 is 1.22 bits per heavy atom. The molecule has 2 aromatic rings. The van der Waals surface area contributed by atoms with E-state index >= 15 is 0 Å². The van der Waals surface area contributed by atoms with Crippen molar-refractivity contribution in [2.24, 2.45) is 18.4 Å². The molecule has 1 aromatic heterocycles. The molecule has 0 aliphatic carbocycles. The smallest absolute Gasteiger partial charge is 0.407 e. The van der Waals surface area contributed by atoms with Crippen molar-refractivity contribution in [1.29, 1.82) is 0 Å². The minimum absolute atomic E-state index is 0.0100. The summed E-state index contributed by atoms with van der Waals surface area (Å²) in [5, 5.41) is 25.6. The Balaban J connectivity index is 1.53. The first-order valence-corrected chi connectivity index (χ1v) is 12.3. The van der Waals surface area contributed by atoms with Crippen LogP contribution in [-0.2, 0) is 7.05 Å². The highest BCUT2D eigenvalue weighted by atomic mass is 16.6. The van der Waals surface area contributed by atoms with Crippen molar-refractivity contribution in [3.05, 3.63) is 34.6 Å². The fourth-order valence-corrected chi connectivity index (χ4v) is 5.86. The standard InChI is InChI=1S/C25H36N6O5/c1-25(2,3)23-17(6-7-30(23)24(32)33)16-28-8-10-29(11-9-28)20-13-22(36-5)21(31(34)35)12-19(20)18-14-26-27(4)15-18/h12-15,17,23H,6-11,16H2,1-5H3,(H,32,33). The number of aromatic nitrogens is 2. The lowest BCUT2D eigenvalue weighted by atomic mass is 9.79. The van der Waals surface area contributed by atoms with Gasteiger partial charge < -0.3 is 19.6 Å². The van der Waals surface area contributed by atoms with Crippen LogP contribution in [0.3, 0.4) is 0 Å². The molecule has 2 atom stereocenters. The number of carboxylic acid groups (broad SMARTS) is 1. The minimum Gasteiger partial charge on any atom is -0.490 e. The second-order valence-corrected chi connectivity index (χ2v) is 10.8. The zero-order valence-electron chi connectivity index (χ0n) is 21.7. The van der Waals surface area contributed by atoms with Crippen LogP contribution >= 0.6 is 0 Å². The van der Waals surface area contributed by atoms with Crippen molar-refractivity contribution in [3.8, 4) is 16.9 Å². The molecule has 3 heterocycles. The van der Waals surface area contributed by atoms with E-state index in [0.29, 0.717) is 6.54 Å². The van der Waals surface area contributed by atoms with Crippen molar-refractivity contribution in [2.75, 3.05) is 51.3 Å². The molecule has 0 bridgehead atoms. The fourth-order valence-electron chi connectivity index (χ4n) is 5.86. The van der Waals surface area contributed by atoms with Crippen LogP contribution in [-0.4, -0.2) is 88.1 Å². The molecular weight excluding hydrogens is 464 g/mol. The van der Waals surface area contributed by atoms with Crippen LogP contribution in [0.15, 0.2) is 24.5 Å². The van der Waals surface area contributed by atoms with Gasteiger partial charge in [0.25, 0.3) is 0 Å². The molecule has 0 radical (unpaired) electrons.